The quantitative estimate of drug-likeness (QED) is 0.652. The van der Waals surface area contributed by atoms with Gasteiger partial charge in [0, 0.05) is 6.26 Å². The lowest BCUT2D eigenvalue weighted by molar-refractivity contribution is -0.112. The zero-order valence-corrected chi connectivity index (χ0v) is 16.5. The van der Waals surface area contributed by atoms with Crippen LogP contribution in [0, 0.1) is 5.82 Å². The summed E-state index contributed by atoms with van der Waals surface area (Å²) in [7, 11) is -3.32. The van der Waals surface area contributed by atoms with Crippen molar-refractivity contribution in [2.75, 3.05) is 17.7 Å². The molecule has 0 radical (unpaired) electrons. The van der Waals surface area contributed by atoms with E-state index in [1.54, 1.807) is 30.3 Å². The van der Waals surface area contributed by atoms with Crippen LogP contribution < -0.4 is 4.90 Å². The van der Waals surface area contributed by atoms with Gasteiger partial charge in [-0.3, -0.25) is 4.79 Å². The highest BCUT2D eigenvalue weighted by molar-refractivity contribution is 7.90. The number of carbonyl (C=O) groups excluding carboxylic acids is 1. The van der Waals surface area contributed by atoms with Gasteiger partial charge in [-0.1, -0.05) is 54.6 Å². The molecule has 146 valence electrons. The summed E-state index contributed by atoms with van der Waals surface area (Å²) in [4.78, 5) is 14.9. The number of nitrogens with zero attached hydrogens (tertiary/aromatic N) is 1. The van der Waals surface area contributed by atoms with Crippen LogP contribution in [-0.2, 0) is 14.6 Å². The van der Waals surface area contributed by atoms with Crippen molar-refractivity contribution >= 4 is 32.6 Å². The summed E-state index contributed by atoms with van der Waals surface area (Å²) in [6.07, 6.45) is 1.15. The van der Waals surface area contributed by atoms with E-state index in [0.717, 1.165) is 23.0 Å². The van der Waals surface area contributed by atoms with Gasteiger partial charge >= 0.3 is 0 Å². The lowest BCUT2D eigenvalue weighted by atomic mass is 9.97. The summed E-state index contributed by atoms with van der Waals surface area (Å²) in [5, 5.41) is 0. The Kier molecular flexibility index (Phi) is 4.80. The fraction of sp³-hybridized carbons (Fsp3) is 0.0870. The molecule has 29 heavy (non-hydrogen) atoms. The molecular formula is C23H18FNO3S. The second-order valence-electron chi connectivity index (χ2n) is 6.86. The van der Waals surface area contributed by atoms with Crippen molar-refractivity contribution < 1.29 is 17.6 Å². The van der Waals surface area contributed by atoms with E-state index >= 15 is 0 Å². The van der Waals surface area contributed by atoms with E-state index < -0.39 is 15.7 Å². The molecule has 0 N–H and O–H groups in total. The lowest BCUT2D eigenvalue weighted by Crippen LogP contribution is -2.27. The van der Waals surface area contributed by atoms with E-state index in [-0.39, 0.29) is 23.0 Å². The minimum Gasteiger partial charge on any atom is -0.301 e. The zero-order valence-electron chi connectivity index (χ0n) is 15.7. The number of para-hydroxylation sites is 1. The number of sulfone groups is 1. The predicted molar refractivity (Wildman–Crippen MR) is 112 cm³/mol. The minimum absolute atomic E-state index is 0.197. The Morgan fingerprint density at radius 3 is 2.07 bits per heavy atom. The van der Waals surface area contributed by atoms with Crippen LogP contribution in [0.5, 0.6) is 0 Å². The SMILES string of the molecule is CS(=O)(=O)c1ccc(C2=C(c3ccccc3)C(=O)N(c3ccccc3F)C2)cc1. The van der Waals surface area contributed by atoms with Gasteiger partial charge in [-0.05, 0) is 41.0 Å². The number of carbonyl (C=O) groups is 1. The Morgan fingerprint density at radius 1 is 0.828 bits per heavy atom. The molecule has 0 aliphatic carbocycles. The third-order valence-corrected chi connectivity index (χ3v) is 6.04. The second-order valence-corrected chi connectivity index (χ2v) is 8.87. The standard InChI is InChI=1S/C23H18FNO3S/c1-29(27,28)18-13-11-16(12-14-18)19-15-25(21-10-6-5-9-20(21)24)23(26)22(19)17-7-3-2-4-8-17/h2-14H,15H2,1H3. The first-order valence-corrected chi connectivity index (χ1v) is 10.9. The van der Waals surface area contributed by atoms with Gasteiger partial charge < -0.3 is 4.90 Å². The molecule has 1 aliphatic heterocycles. The molecule has 3 aromatic rings. The Hall–Kier alpha value is -3.25. The van der Waals surface area contributed by atoms with E-state index in [0.29, 0.717) is 5.57 Å². The Bertz CT molecular complexity index is 1220. The van der Waals surface area contributed by atoms with Crippen molar-refractivity contribution in [1.29, 1.82) is 0 Å². The first-order valence-electron chi connectivity index (χ1n) is 9.02. The van der Waals surface area contributed by atoms with Crippen LogP contribution in [-0.4, -0.2) is 27.1 Å². The Labute approximate surface area is 168 Å². The van der Waals surface area contributed by atoms with E-state index in [2.05, 4.69) is 0 Å². The van der Waals surface area contributed by atoms with Gasteiger partial charge in [-0.15, -0.1) is 0 Å². The Balaban J connectivity index is 1.84. The fourth-order valence-electron chi connectivity index (χ4n) is 3.48. The van der Waals surface area contributed by atoms with Crippen LogP contribution in [0.2, 0.25) is 0 Å². The molecular weight excluding hydrogens is 389 g/mol. The summed E-state index contributed by atoms with van der Waals surface area (Å²) in [6.45, 7) is 0.197. The van der Waals surface area contributed by atoms with Crippen molar-refractivity contribution in [1.82, 2.24) is 0 Å². The third-order valence-electron chi connectivity index (χ3n) is 4.91. The molecule has 1 heterocycles. The maximum atomic E-state index is 14.4. The second kappa shape index (κ2) is 7.29. The molecule has 0 saturated heterocycles. The summed E-state index contributed by atoms with van der Waals surface area (Å²) in [6, 6.07) is 21.8. The van der Waals surface area contributed by atoms with Crippen molar-refractivity contribution in [3.8, 4) is 0 Å². The molecule has 6 heteroatoms. The molecule has 4 nitrogen and oxygen atoms in total. The maximum absolute atomic E-state index is 14.4. The summed E-state index contributed by atoms with van der Waals surface area (Å²) in [5.74, 6) is -0.759. The topological polar surface area (TPSA) is 54.5 Å². The zero-order chi connectivity index (χ0) is 20.6. The molecule has 0 saturated carbocycles. The van der Waals surface area contributed by atoms with Crippen LogP contribution >= 0.6 is 0 Å². The van der Waals surface area contributed by atoms with Gasteiger partial charge in [-0.25, -0.2) is 12.8 Å². The normalized spacial score (nSPS) is 14.6. The van der Waals surface area contributed by atoms with Crippen LogP contribution in [0.3, 0.4) is 0 Å². The number of hydrogen-bond donors (Lipinski definition) is 0. The van der Waals surface area contributed by atoms with Crippen molar-refractivity contribution in [3.05, 3.63) is 95.8 Å². The smallest absolute Gasteiger partial charge is 0.259 e. The van der Waals surface area contributed by atoms with Crippen LogP contribution in [0.4, 0.5) is 10.1 Å². The lowest BCUT2D eigenvalue weighted by Gasteiger charge is -2.18. The molecule has 0 spiro atoms. The summed E-state index contributed by atoms with van der Waals surface area (Å²) in [5.41, 5.74) is 2.89. The summed E-state index contributed by atoms with van der Waals surface area (Å²) < 4.78 is 37.9. The van der Waals surface area contributed by atoms with E-state index in [1.165, 1.54) is 23.1 Å². The molecule has 0 fully saturated rings. The maximum Gasteiger partial charge on any atom is 0.259 e. The van der Waals surface area contributed by atoms with E-state index in [1.807, 2.05) is 30.3 Å². The number of hydrogen-bond acceptors (Lipinski definition) is 3. The predicted octanol–water partition coefficient (Wildman–Crippen LogP) is 4.19. The monoisotopic (exact) mass is 407 g/mol. The molecule has 0 unspecified atom stereocenters. The highest BCUT2D eigenvalue weighted by Crippen LogP contribution is 2.37. The molecule has 1 amide bonds. The molecule has 4 rings (SSSR count). The summed E-state index contributed by atoms with van der Waals surface area (Å²) >= 11 is 0. The minimum atomic E-state index is -3.32. The molecule has 3 aromatic carbocycles. The Morgan fingerprint density at radius 2 is 1.45 bits per heavy atom. The number of rotatable bonds is 4. The molecule has 0 bridgehead atoms. The fourth-order valence-corrected chi connectivity index (χ4v) is 4.11. The molecule has 1 aliphatic rings. The average Bonchev–Trinajstić information content (AvgIpc) is 3.05. The van der Waals surface area contributed by atoms with Gasteiger partial charge in [0.05, 0.1) is 22.7 Å². The van der Waals surface area contributed by atoms with Crippen LogP contribution in [0.25, 0.3) is 11.1 Å². The van der Waals surface area contributed by atoms with Crippen molar-refractivity contribution in [2.24, 2.45) is 0 Å². The van der Waals surface area contributed by atoms with Crippen molar-refractivity contribution in [3.63, 3.8) is 0 Å². The van der Waals surface area contributed by atoms with Gasteiger partial charge in [-0.2, -0.15) is 0 Å². The van der Waals surface area contributed by atoms with Crippen LogP contribution in [0.15, 0.2) is 83.8 Å². The van der Waals surface area contributed by atoms with Crippen molar-refractivity contribution in [2.45, 2.75) is 4.90 Å². The number of benzene rings is 3. The number of halogens is 1. The van der Waals surface area contributed by atoms with Gasteiger partial charge in [0.25, 0.3) is 5.91 Å². The van der Waals surface area contributed by atoms with Gasteiger partial charge in [0.1, 0.15) is 5.82 Å². The number of amides is 1. The van der Waals surface area contributed by atoms with E-state index in [9.17, 15) is 17.6 Å². The van der Waals surface area contributed by atoms with E-state index in [4.69, 9.17) is 0 Å². The van der Waals surface area contributed by atoms with Gasteiger partial charge in [0.2, 0.25) is 0 Å². The van der Waals surface area contributed by atoms with Gasteiger partial charge in [0.15, 0.2) is 9.84 Å². The molecule has 0 atom stereocenters. The highest BCUT2D eigenvalue weighted by atomic mass is 32.2. The van der Waals surface area contributed by atoms with Crippen LogP contribution in [0.1, 0.15) is 11.1 Å². The first-order chi connectivity index (χ1) is 13.9. The number of anilines is 1. The largest absolute Gasteiger partial charge is 0.301 e. The molecule has 0 aromatic heterocycles. The highest BCUT2D eigenvalue weighted by Gasteiger charge is 2.34. The first kappa shape index (κ1) is 19.1. The average molecular weight is 407 g/mol. The third kappa shape index (κ3) is 3.59.